The highest BCUT2D eigenvalue weighted by Gasteiger charge is 2.02. The van der Waals surface area contributed by atoms with Crippen LogP contribution < -0.4 is 16.4 Å². The molecular formula is C13H15N3OS. The number of amides is 2. The van der Waals surface area contributed by atoms with E-state index < -0.39 is 0 Å². The number of anilines is 1. The van der Waals surface area contributed by atoms with Crippen LogP contribution in [0.2, 0.25) is 0 Å². The molecule has 94 valence electrons. The van der Waals surface area contributed by atoms with Crippen molar-refractivity contribution in [2.75, 3.05) is 5.32 Å². The zero-order chi connectivity index (χ0) is 12.8. The summed E-state index contributed by atoms with van der Waals surface area (Å²) in [6, 6.07) is 11.4. The molecule has 0 bridgehead atoms. The molecule has 4 nitrogen and oxygen atoms in total. The molecule has 0 aliphatic rings. The fourth-order valence-electron chi connectivity index (χ4n) is 1.55. The van der Waals surface area contributed by atoms with E-state index in [1.54, 1.807) is 0 Å². The van der Waals surface area contributed by atoms with Crippen molar-refractivity contribution >= 4 is 22.4 Å². The molecule has 5 heteroatoms. The van der Waals surface area contributed by atoms with E-state index in [1.807, 2.05) is 41.8 Å². The quantitative estimate of drug-likeness (QED) is 0.791. The Hall–Kier alpha value is -1.85. The van der Waals surface area contributed by atoms with E-state index in [9.17, 15) is 4.79 Å². The SMILES string of the molecule is NCc1cccc(CNC(=O)Nc2cccs2)c1. The maximum Gasteiger partial charge on any atom is 0.320 e. The number of thiophene rings is 1. The maximum atomic E-state index is 11.6. The molecule has 1 aromatic carbocycles. The van der Waals surface area contributed by atoms with E-state index >= 15 is 0 Å². The number of carbonyl (C=O) groups is 1. The number of nitrogens with two attached hydrogens (primary N) is 1. The zero-order valence-corrected chi connectivity index (χ0v) is 10.7. The first-order valence-corrected chi connectivity index (χ1v) is 6.52. The van der Waals surface area contributed by atoms with Gasteiger partial charge in [-0.25, -0.2) is 4.79 Å². The minimum absolute atomic E-state index is 0.199. The molecule has 18 heavy (non-hydrogen) atoms. The summed E-state index contributed by atoms with van der Waals surface area (Å²) in [7, 11) is 0. The van der Waals surface area contributed by atoms with Crippen molar-refractivity contribution in [3.05, 3.63) is 52.9 Å². The third-order valence-corrected chi connectivity index (χ3v) is 3.22. The fourth-order valence-corrected chi connectivity index (χ4v) is 2.17. The summed E-state index contributed by atoms with van der Waals surface area (Å²) in [6.07, 6.45) is 0. The largest absolute Gasteiger partial charge is 0.334 e. The van der Waals surface area contributed by atoms with Crippen LogP contribution in [0.25, 0.3) is 0 Å². The van der Waals surface area contributed by atoms with Gasteiger partial charge in [-0.1, -0.05) is 24.3 Å². The first-order valence-electron chi connectivity index (χ1n) is 5.64. The number of nitrogens with one attached hydrogen (secondary N) is 2. The molecule has 0 atom stereocenters. The Labute approximate surface area is 110 Å². The molecule has 0 aliphatic carbocycles. The molecule has 0 saturated heterocycles. The zero-order valence-electron chi connectivity index (χ0n) is 9.85. The van der Waals surface area contributed by atoms with E-state index in [0.717, 1.165) is 16.1 Å². The molecular weight excluding hydrogens is 246 g/mol. The Bertz CT molecular complexity index is 511. The average Bonchev–Trinajstić information content (AvgIpc) is 2.89. The van der Waals surface area contributed by atoms with Gasteiger partial charge in [0.25, 0.3) is 0 Å². The summed E-state index contributed by atoms with van der Waals surface area (Å²) < 4.78 is 0. The van der Waals surface area contributed by atoms with E-state index in [-0.39, 0.29) is 6.03 Å². The summed E-state index contributed by atoms with van der Waals surface area (Å²) in [4.78, 5) is 11.6. The Balaban J connectivity index is 1.85. The van der Waals surface area contributed by atoms with Crippen LogP contribution in [0.5, 0.6) is 0 Å². The van der Waals surface area contributed by atoms with E-state index in [2.05, 4.69) is 10.6 Å². The summed E-state index contributed by atoms with van der Waals surface area (Å²) in [5.41, 5.74) is 7.67. The first kappa shape index (κ1) is 12.6. The first-order chi connectivity index (χ1) is 8.78. The van der Waals surface area contributed by atoms with Gasteiger partial charge in [-0.15, -0.1) is 11.3 Å². The number of hydrogen-bond donors (Lipinski definition) is 3. The number of hydrogen-bond acceptors (Lipinski definition) is 3. The van der Waals surface area contributed by atoms with Gasteiger partial charge in [-0.05, 0) is 28.6 Å². The van der Waals surface area contributed by atoms with Gasteiger partial charge in [0.05, 0.1) is 5.00 Å². The van der Waals surface area contributed by atoms with Crippen LogP contribution in [0, 0.1) is 0 Å². The van der Waals surface area contributed by atoms with Gasteiger partial charge in [0, 0.05) is 13.1 Å². The summed E-state index contributed by atoms with van der Waals surface area (Å²) in [5.74, 6) is 0. The summed E-state index contributed by atoms with van der Waals surface area (Å²) >= 11 is 1.49. The number of urea groups is 1. The third kappa shape index (κ3) is 3.58. The van der Waals surface area contributed by atoms with Crippen molar-refractivity contribution in [1.82, 2.24) is 5.32 Å². The second-order valence-corrected chi connectivity index (χ2v) is 4.76. The van der Waals surface area contributed by atoms with Crippen molar-refractivity contribution in [1.29, 1.82) is 0 Å². The predicted molar refractivity (Wildman–Crippen MR) is 74.5 cm³/mol. The van der Waals surface area contributed by atoms with Crippen molar-refractivity contribution in [2.45, 2.75) is 13.1 Å². The van der Waals surface area contributed by atoms with Crippen molar-refractivity contribution in [2.24, 2.45) is 5.73 Å². The maximum absolute atomic E-state index is 11.6. The molecule has 2 aromatic rings. The minimum Gasteiger partial charge on any atom is -0.334 e. The van der Waals surface area contributed by atoms with E-state index in [0.29, 0.717) is 13.1 Å². The van der Waals surface area contributed by atoms with Crippen LogP contribution in [0.3, 0.4) is 0 Å². The molecule has 0 fully saturated rings. The molecule has 1 heterocycles. The Morgan fingerprint density at radius 2 is 2.06 bits per heavy atom. The lowest BCUT2D eigenvalue weighted by atomic mass is 10.1. The highest BCUT2D eigenvalue weighted by molar-refractivity contribution is 7.14. The second-order valence-electron chi connectivity index (χ2n) is 3.81. The minimum atomic E-state index is -0.199. The second kappa shape index (κ2) is 6.18. The molecule has 2 rings (SSSR count). The van der Waals surface area contributed by atoms with E-state index in [1.165, 1.54) is 11.3 Å². The van der Waals surface area contributed by atoms with Gasteiger partial charge in [0.2, 0.25) is 0 Å². The molecule has 0 spiro atoms. The summed E-state index contributed by atoms with van der Waals surface area (Å²) in [5, 5.41) is 8.32. The average molecular weight is 261 g/mol. The van der Waals surface area contributed by atoms with Crippen LogP contribution in [-0.2, 0) is 13.1 Å². The van der Waals surface area contributed by atoms with E-state index in [4.69, 9.17) is 5.73 Å². The van der Waals surface area contributed by atoms with Crippen molar-refractivity contribution in [3.63, 3.8) is 0 Å². The van der Waals surface area contributed by atoms with Gasteiger partial charge < -0.3 is 11.1 Å². The van der Waals surface area contributed by atoms with Crippen molar-refractivity contribution in [3.8, 4) is 0 Å². The number of carbonyl (C=O) groups excluding carboxylic acids is 1. The Kier molecular flexibility index (Phi) is 4.33. The van der Waals surface area contributed by atoms with Gasteiger partial charge in [0.15, 0.2) is 0 Å². The highest BCUT2D eigenvalue weighted by atomic mass is 32.1. The van der Waals surface area contributed by atoms with Crippen LogP contribution >= 0.6 is 11.3 Å². The van der Waals surface area contributed by atoms with Gasteiger partial charge in [-0.3, -0.25) is 5.32 Å². The normalized spacial score (nSPS) is 10.1. The molecule has 2 amide bonds. The van der Waals surface area contributed by atoms with Crippen LogP contribution in [0.15, 0.2) is 41.8 Å². The molecule has 0 radical (unpaired) electrons. The van der Waals surface area contributed by atoms with Crippen LogP contribution in [-0.4, -0.2) is 6.03 Å². The topological polar surface area (TPSA) is 67.1 Å². The van der Waals surface area contributed by atoms with Crippen LogP contribution in [0.4, 0.5) is 9.80 Å². The van der Waals surface area contributed by atoms with Crippen molar-refractivity contribution < 1.29 is 4.79 Å². The smallest absolute Gasteiger partial charge is 0.320 e. The van der Waals surface area contributed by atoms with Gasteiger partial charge in [-0.2, -0.15) is 0 Å². The lowest BCUT2D eigenvalue weighted by molar-refractivity contribution is 0.252. The van der Waals surface area contributed by atoms with Gasteiger partial charge >= 0.3 is 6.03 Å². The van der Waals surface area contributed by atoms with Crippen LogP contribution in [0.1, 0.15) is 11.1 Å². The molecule has 4 N–H and O–H groups in total. The highest BCUT2D eigenvalue weighted by Crippen LogP contribution is 2.14. The van der Waals surface area contributed by atoms with Gasteiger partial charge in [0.1, 0.15) is 0 Å². The standard InChI is InChI=1S/C13H15N3OS/c14-8-10-3-1-4-11(7-10)9-15-13(17)16-12-5-2-6-18-12/h1-7H,8-9,14H2,(H2,15,16,17). The molecule has 1 aromatic heterocycles. The monoisotopic (exact) mass is 261 g/mol. The molecule has 0 saturated carbocycles. The Morgan fingerprint density at radius 1 is 1.22 bits per heavy atom. The third-order valence-electron chi connectivity index (χ3n) is 2.44. The Morgan fingerprint density at radius 3 is 2.78 bits per heavy atom. The lowest BCUT2D eigenvalue weighted by Crippen LogP contribution is -2.27. The number of benzene rings is 1. The lowest BCUT2D eigenvalue weighted by Gasteiger charge is -2.07. The molecule has 0 aliphatic heterocycles. The number of rotatable bonds is 4. The summed E-state index contributed by atoms with van der Waals surface area (Å²) in [6.45, 7) is 1.00. The molecule has 0 unspecified atom stereocenters. The fraction of sp³-hybridized carbons (Fsp3) is 0.154. The predicted octanol–water partition coefficient (Wildman–Crippen LogP) is 2.53.